The highest BCUT2D eigenvalue weighted by molar-refractivity contribution is 5.84. The molecule has 3 heterocycles. The number of allylic oxidation sites excluding steroid dienone is 4. The second-order valence-corrected chi connectivity index (χ2v) is 13.3. The molecule has 1 aromatic carbocycles. The summed E-state index contributed by atoms with van der Waals surface area (Å²) in [4.78, 5) is 10.7. The molecule has 0 N–H and O–H groups in total. The molecule has 0 saturated heterocycles. The smallest absolute Gasteiger partial charge is 0.158 e. The molecule has 0 spiro atoms. The fourth-order valence-corrected chi connectivity index (χ4v) is 6.61. The first-order valence-electron chi connectivity index (χ1n) is 15.6. The lowest BCUT2D eigenvalue weighted by molar-refractivity contribution is 0.185. The van der Waals surface area contributed by atoms with Gasteiger partial charge in [-0.2, -0.15) is 0 Å². The van der Waals surface area contributed by atoms with Gasteiger partial charge < -0.3 is 9.80 Å². The van der Waals surface area contributed by atoms with Crippen LogP contribution in [0.25, 0.3) is 0 Å². The van der Waals surface area contributed by atoms with E-state index in [1.807, 2.05) is 0 Å². The molecule has 39 heavy (non-hydrogen) atoms. The third kappa shape index (κ3) is 5.70. The molecule has 0 radical (unpaired) electrons. The number of hydrogen-bond donors (Lipinski definition) is 0. The lowest BCUT2D eigenvalue weighted by Gasteiger charge is -2.51. The van der Waals surface area contributed by atoms with Crippen LogP contribution in [0.2, 0.25) is 0 Å². The molecule has 2 aliphatic rings. The average molecular weight is 528 g/mol. The van der Waals surface area contributed by atoms with Crippen molar-refractivity contribution in [3.05, 3.63) is 71.0 Å². The molecule has 0 bridgehead atoms. The van der Waals surface area contributed by atoms with Gasteiger partial charge in [0.25, 0.3) is 0 Å². The van der Waals surface area contributed by atoms with E-state index in [4.69, 9.17) is 4.98 Å². The topological polar surface area (TPSA) is 19.4 Å². The van der Waals surface area contributed by atoms with Crippen LogP contribution in [0.5, 0.6) is 0 Å². The van der Waals surface area contributed by atoms with Crippen LogP contribution in [0, 0.1) is 23.2 Å². The minimum absolute atomic E-state index is 0.190. The number of anilines is 3. The minimum atomic E-state index is 0.190. The Morgan fingerprint density at radius 3 is 2.21 bits per heavy atom. The van der Waals surface area contributed by atoms with Crippen LogP contribution in [0.3, 0.4) is 0 Å². The number of hydrogen-bond acceptors (Lipinski definition) is 3. The third-order valence-electron chi connectivity index (χ3n) is 9.20. The highest BCUT2D eigenvalue weighted by Crippen LogP contribution is 2.56. The van der Waals surface area contributed by atoms with E-state index in [9.17, 15) is 0 Å². The van der Waals surface area contributed by atoms with Crippen molar-refractivity contribution in [3.63, 3.8) is 0 Å². The Kier molecular flexibility index (Phi) is 8.98. The van der Waals surface area contributed by atoms with Crippen LogP contribution in [-0.4, -0.2) is 17.2 Å². The number of benzene rings is 1. The van der Waals surface area contributed by atoms with Crippen LogP contribution in [-0.2, 0) is 12.8 Å². The van der Waals surface area contributed by atoms with E-state index in [2.05, 4.69) is 128 Å². The molecule has 2 aliphatic heterocycles. The second-order valence-electron chi connectivity index (χ2n) is 13.3. The quantitative estimate of drug-likeness (QED) is 0.287. The number of para-hydroxylation sites is 1. The minimum Gasteiger partial charge on any atom is -0.345 e. The monoisotopic (exact) mass is 527 g/mol. The van der Waals surface area contributed by atoms with Crippen molar-refractivity contribution >= 4 is 17.2 Å². The van der Waals surface area contributed by atoms with Gasteiger partial charge in [-0.3, -0.25) is 0 Å². The molecule has 4 rings (SSSR count). The van der Waals surface area contributed by atoms with Crippen LogP contribution >= 0.6 is 0 Å². The standard InChI is InChI=1S/C36H53N3/c1-11-36(12-2)23-29-15-13-14-16-32(29)39-34-33(38(27(9)10)35(36)39)20-19-31(37-34)22-30(26(7)8)21-28(25(5)6)18-17-24(3)4/h13-16,18-21,24-27,35H,11-12,17,22-23H2,1-10H3. The highest BCUT2D eigenvalue weighted by Gasteiger charge is 2.53. The van der Waals surface area contributed by atoms with E-state index < -0.39 is 0 Å². The zero-order valence-corrected chi connectivity index (χ0v) is 26.4. The molecule has 3 heteroatoms. The summed E-state index contributed by atoms with van der Waals surface area (Å²) in [7, 11) is 0. The Hall–Kier alpha value is -2.55. The molecule has 2 aromatic rings. The van der Waals surface area contributed by atoms with E-state index in [-0.39, 0.29) is 5.41 Å². The molecular formula is C36H53N3. The van der Waals surface area contributed by atoms with Gasteiger partial charge in [0, 0.05) is 29.3 Å². The Labute approximate surface area is 239 Å². The van der Waals surface area contributed by atoms with Crippen LogP contribution in [0.1, 0.15) is 99.8 Å². The van der Waals surface area contributed by atoms with Crippen LogP contribution in [0.15, 0.2) is 59.7 Å². The van der Waals surface area contributed by atoms with Crippen molar-refractivity contribution < 1.29 is 0 Å². The molecule has 0 aliphatic carbocycles. The summed E-state index contributed by atoms with van der Waals surface area (Å²) in [6.07, 6.45) is 10.7. The van der Waals surface area contributed by atoms with Crippen molar-refractivity contribution in [2.45, 2.75) is 114 Å². The van der Waals surface area contributed by atoms with Crippen LogP contribution in [0.4, 0.5) is 17.2 Å². The molecule has 1 atom stereocenters. The zero-order chi connectivity index (χ0) is 28.5. The van der Waals surface area contributed by atoms with Crippen LogP contribution < -0.4 is 9.80 Å². The van der Waals surface area contributed by atoms with Gasteiger partial charge in [0.2, 0.25) is 0 Å². The van der Waals surface area contributed by atoms with Crippen molar-refractivity contribution in [2.75, 3.05) is 9.80 Å². The number of pyridine rings is 1. The Morgan fingerprint density at radius 2 is 1.62 bits per heavy atom. The maximum atomic E-state index is 5.48. The zero-order valence-electron chi connectivity index (χ0n) is 26.4. The predicted molar refractivity (Wildman–Crippen MR) is 170 cm³/mol. The van der Waals surface area contributed by atoms with E-state index in [0.717, 1.165) is 37.9 Å². The van der Waals surface area contributed by atoms with E-state index in [0.29, 0.717) is 30.0 Å². The van der Waals surface area contributed by atoms with Crippen molar-refractivity contribution in [1.82, 2.24) is 4.98 Å². The molecule has 212 valence electrons. The lowest BCUT2D eigenvalue weighted by atomic mass is 9.70. The van der Waals surface area contributed by atoms with Gasteiger partial charge >= 0.3 is 0 Å². The highest BCUT2D eigenvalue weighted by atomic mass is 15.5. The second kappa shape index (κ2) is 11.9. The lowest BCUT2D eigenvalue weighted by Crippen LogP contribution is -2.58. The number of aromatic nitrogens is 1. The Bertz CT molecular complexity index is 1200. The average Bonchev–Trinajstić information content (AvgIpc) is 3.25. The SMILES string of the molecule is CCC1(CC)Cc2ccccc2N2c3nc(CC(=CC(=CCC(C)C)C(C)C)C(C)C)ccc3N(C(C)C)C21. The van der Waals surface area contributed by atoms with Gasteiger partial charge in [-0.1, -0.05) is 91.3 Å². The summed E-state index contributed by atoms with van der Waals surface area (Å²) in [5, 5.41) is 0. The molecule has 3 nitrogen and oxygen atoms in total. The normalized spacial score (nSPS) is 18.9. The number of nitrogens with zero attached hydrogens (tertiary/aromatic N) is 3. The molecule has 0 amide bonds. The largest absolute Gasteiger partial charge is 0.345 e. The molecule has 1 aromatic heterocycles. The summed E-state index contributed by atoms with van der Waals surface area (Å²) in [6.45, 7) is 23.3. The number of fused-ring (bicyclic) bond motifs is 5. The number of rotatable bonds is 10. The first-order chi connectivity index (χ1) is 18.5. The summed E-state index contributed by atoms with van der Waals surface area (Å²) in [5.41, 5.74) is 8.38. The molecular weight excluding hydrogens is 474 g/mol. The maximum absolute atomic E-state index is 5.48. The molecule has 1 unspecified atom stereocenters. The van der Waals surface area contributed by atoms with Gasteiger partial charge in [0.1, 0.15) is 6.17 Å². The first kappa shape index (κ1) is 29.4. The van der Waals surface area contributed by atoms with E-state index >= 15 is 0 Å². The molecule has 0 saturated carbocycles. The van der Waals surface area contributed by atoms with Gasteiger partial charge in [0.15, 0.2) is 5.82 Å². The Balaban J connectivity index is 1.81. The molecule has 0 fully saturated rings. The first-order valence-corrected chi connectivity index (χ1v) is 15.6. The van der Waals surface area contributed by atoms with Crippen molar-refractivity contribution in [3.8, 4) is 0 Å². The fraction of sp³-hybridized carbons (Fsp3) is 0.583. The predicted octanol–water partition coefficient (Wildman–Crippen LogP) is 9.89. The Morgan fingerprint density at radius 1 is 0.923 bits per heavy atom. The van der Waals surface area contributed by atoms with Gasteiger partial charge in [-0.05, 0) is 86.6 Å². The third-order valence-corrected chi connectivity index (χ3v) is 9.20. The van der Waals surface area contributed by atoms with Crippen molar-refractivity contribution in [1.29, 1.82) is 0 Å². The van der Waals surface area contributed by atoms with Gasteiger partial charge in [-0.25, -0.2) is 4.98 Å². The summed E-state index contributed by atoms with van der Waals surface area (Å²) < 4.78 is 0. The summed E-state index contributed by atoms with van der Waals surface area (Å²) in [6, 6.07) is 14.1. The fourth-order valence-electron chi connectivity index (χ4n) is 6.61. The van der Waals surface area contributed by atoms with E-state index in [1.165, 1.54) is 33.8 Å². The van der Waals surface area contributed by atoms with Gasteiger partial charge in [0.05, 0.1) is 5.69 Å². The van der Waals surface area contributed by atoms with Crippen molar-refractivity contribution in [2.24, 2.45) is 23.2 Å². The summed E-state index contributed by atoms with van der Waals surface area (Å²) in [5.74, 6) is 2.82. The van der Waals surface area contributed by atoms with E-state index in [1.54, 1.807) is 0 Å². The van der Waals surface area contributed by atoms with Gasteiger partial charge in [-0.15, -0.1) is 0 Å². The summed E-state index contributed by atoms with van der Waals surface area (Å²) >= 11 is 0. The maximum Gasteiger partial charge on any atom is 0.158 e.